The maximum absolute atomic E-state index is 2.40. The Bertz CT molecular complexity index is 1840. The number of anilines is 3. The smallest absolute Gasteiger partial charge is 0.0540 e. The molecule has 7 aromatic rings. The fraction of sp³-hybridized carbons (Fsp3) is 0. The normalized spacial score (nSPS) is 12.0. The number of hydrogen-bond donors (Lipinski definition) is 0. The first kappa shape index (κ1) is 18.8. The third kappa shape index (κ3) is 2.53. The molecule has 0 bridgehead atoms. The summed E-state index contributed by atoms with van der Waals surface area (Å²) in [5, 5.41) is 8.01. The molecule has 0 aromatic heterocycles. The summed E-state index contributed by atoms with van der Waals surface area (Å²) in [6, 6.07) is 46.4. The van der Waals surface area contributed by atoms with Gasteiger partial charge in [-0.05, 0) is 85.6 Å². The standard InChI is InChI=1S/C34H21N/c1-3-9-24(10-4-1)35(25-11-5-2-6-12-25)31-20-17-23-21-30-27-14-8-7-13-26(27)28-18-15-22-16-19-29(31)32(23)33(22)34(28)30/h1-21H. The van der Waals surface area contributed by atoms with Crippen LogP contribution in [-0.2, 0) is 0 Å². The molecule has 1 aliphatic rings. The van der Waals surface area contributed by atoms with Crippen molar-refractivity contribution < 1.29 is 0 Å². The molecule has 0 N–H and O–H groups in total. The fourth-order valence-corrected chi connectivity index (χ4v) is 6.07. The Kier molecular flexibility index (Phi) is 3.72. The highest BCUT2D eigenvalue weighted by Gasteiger charge is 2.25. The Balaban J connectivity index is 1.50. The number of benzene rings is 7. The average molecular weight is 444 g/mol. The molecule has 0 unspecified atom stereocenters. The summed E-state index contributed by atoms with van der Waals surface area (Å²) < 4.78 is 0. The van der Waals surface area contributed by atoms with Crippen molar-refractivity contribution in [2.75, 3.05) is 4.90 Å². The highest BCUT2D eigenvalue weighted by atomic mass is 15.1. The number of hydrogen-bond acceptors (Lipinski definition) is 1. The second kappa shape index (κ2) is 6.94. The van der Waals surface area contributed by atoms with E-state index in [1.165, 1.54) is 60.3 Å². The van der Waals surface area contributed by atoms with Gasteiger partial charge in [-0.25, -0.2) is 0 Å². The van der Waals surface area contributed by atoms with Gasteiger partial charge in [0.05, 0.1) is 5.69 Å². The topological polar surface area (TPSA) is 3.24 Å². The maximum atomic E-state index is 2.40. The third-order valence-corrected chi connectivity index (χ3v) is 7.52. The molecule has 1 heteroatoms. The fourth-order valence-electron chi connectivity index (χ4n) is 6.07. The van der Waals surface area contributed by atoms with Crippen molar-refractivity contribution in [2.45, 2.75) is 0 Å². The molecule has 0 fully saturated rings. The van der Waals surface area contributed by atoms with E-state index in [0.29, 0.717) is 0 Å². The van der Waals surface area contributed by atoms with Crippen LogP contribution < -0.4 is 4.90 Å². The minimum Gasteiger partial charge on any atom is -0.310 e. The van der Waals surface area contributed by atoms with Gasteiger partial charge in [0.15, 0.2) is 0 Å². The predicted molar refractivity (Wildman–Crippen MR) is 149 cm³/mol. The van der Waals surface area contributed by atoms with Crippen LogP contribution in [0.15, 0.2) is 127 Å². The van der Waals surface area contributed by atoms with Gasteiger partial charge in [0.1, 0.15) is 0 Å². The van der Waals surface area contributed by atoms with Crippen LogP contribution in [0.1, 0.15) is 0 Å². The number of fused-ring (bicyclic) bond motifs is 3. The molecule has 8 rings (SSSR count). The van der Waals surface area contributed by atoms with Crippen LogP contribution in [0.5, 0.6) is 0 Å². The molecule has 0 saturated carbocycles. The molecule has 0 aliphatic heterocycles. The molecule has 7 aromatic carbocycles. The van der Waals surface area contributed by atoms with Gasteiger partial charge >= 0.3 is 0 Å². The van der Waals surface area contributed by atoms with Gasteiger partial charge in [-0.1, -0.05) is 91.0 Å². The molecule has 0 radical (unpaired) electrons. The third-order valence-electron chi connectivity index (χ3n) is 7.52. The van der Waals surface area contributed by atoms with E-state index in [2.05, 4.69) is 132 Å². The molecule has 0 heterocycles. The summed E-state index contributed by atoms with van der Waals surface area (Å²) in [6.45, 7) is 0. The molecule has 1 aliphatic carbocycles. The van der Waals surface area contributed by atoms with Crippen molar-refractivity contribution in [1.82, 2.24) is 0 Å². The zero-order valence-electron chi connectivity index (χ0n) is 19.1. The van der Waals surface area contributed by atoms with Crippen LogP contribution >= 0.6 is 0 Å². The zero-order chi connectivity index (χ0) is 22.9. The lowest BCUT2D eigenvalue weighted by molar-refractivity contribution is 1.30. The molecule has 35 heavy (non-hydrogen) atoms. The van der Waals surface area contributed by atoms with Crippen LogP contribution in [0, 0.1) is 0 Å². The summed E-state index contributed by atoms with van der Waals surface area (Å²) in [7, 11) is 0. The van der Waals surface area contributed by atoms with Crippen molar-refractivity contribution in [3.8, 4) is 22.3 Å². The second-order valence-electron chi connectivity index (χ2n) is 9.36. The van der Waals surface area contributed by atoms with Gasteiger partial charge in [0, 0.05) is 16.8 Å². The van der Waals surface area contributed by atoms with Crippen molar-refractivity contribution in [1.29, 1.82) is 0 Å². The van der Waals surface area contributed by atoms with E-state index in [-0.39, 0.29) is 0 Å². The van der Waals surface area contributed by atoms with E-state index in [9.17, 15) is 0 Å². The van der Waals surface area contributed by atoms with E-state index in [1.54, 1.807) is 0 Å². The van der Waals surface area contributed by atoms with Crippen LogP contribution in [0.4, 0.5) is 17.1 Å². The minimum atomic E-state index is 1.16. The number of para-hydroxylation sites is 2. The highest BCUT2D eigenvalue weighted by molar-refractivity contribution is 6.33. The van der Waals surface area contributed by atoms with E-state index in [1.807, 2.05) is 0 Å². The van der Waals surface area contributed by atoms with Gasteiger partial charge in [-0.3, -0.25) is 0 Å². The Labute approximate surface area is 203 Å². The van der Waals surface area contributed by atoms with Gasteiger partial charge < -0.3 is 4.90 Å². The molecular weight excluding hydrogens is 422 g/mol. The lowest BCUT2D eigenvalue weighted by Gasteiger charge is -2.27. The van der Waals surface area contributed by atoms with E-state index < -0.39 is 0 Å². The van der Waals surface area contributed by atoms with Crippen molar-refractivity contribution in [3.05, 3.63) is 127 Å². The zero-order valence-corrected chi connectivity index (χ0v) is 19.1. The SMILES string of the molecule is c1ccc(N(c2ccccc2)c2ccc3cc4c5c(ccc6ccc2c3c65)-c2ccccc2-4)cc1. The highest BCUT2D eigenvalue weighted by Crippen LogP contribution is 2.52. The largest absolute Gasteiger partial charge is 0.310 e. The summed E-state index contributed by atoms with van der Waals surface area (Å²) in [6.07, 6.45) is 0. The molecule has 0 spiro atoms. The van der Waals surface area contributed by atoms with Crippen LogP contribution in [-0.4, -0.2) is 0 Å². The van der Waals surface area contributed by atoms with E-state index >= 15 is 0 Å². The Morgan fingerprint density at radius 1 is 0.371 bits per heavy atom. The van der Waals surface area contributed by atoms with Gasteiger partial charge in [0.2, 0.25) is 0 Å². The van der Waals surface area contributed by atoms with Crippen LogP contribution in [0.2, 0.25) is 0 Å². The summed E-state index contributed by atoms with van der Waals surface area (Å²) in [4.78, 5) is 2.38. The summed E-state index contributed by atoms with van der Waals surface area (Å²) in [5.41, 5.74) is 8.92. The van der Waals surface area contributed by atoms with Gasteiger partial charge in [-0.2, -0.15) is 0 Å². The van der Waals surface area contributed by atoms with Crippen molar-refractivity contribution in [3.63, 3.8) is 0 Å². The minimum absolute atomic E-state index is 1.16. The van der Waals surface area contributed by atoms with Crippen LogP contribution in [0.3, 0.4) is 0 Å². The molecule has 0 saturated heterocycles. The molecular formula is C34H21N. The molecule has 162 valence electrons. The number of nitrogens with zero attached hydrogens (tertiary/aromatic N) is 1. The monoisotopic (exact) mass is 443 g/mol. The van der Waals surface area contributed by atoms with Crippen LogP contribution in [0.25, 0.3) is 54.6 Å². The predicted octanol–water partition coefficient (Wildman–Crippen LogP) is 9.70. The van der Waals surface area contributed by atoms with E-state index in [0.717, 1.165) is 11.4 Å². The quantitative estimate of drug-likeness (QED) is 0.246. The Morgan fingerprint density at radius 3 is 1.69 bits per heavy atom. The first-order valence-corrected chi connectivity index (χ1v) is 12.1. The van der Waals surface area contributed by atoms with Crippen molar-refractivity contribution in [2.24, 2.45) is 0 Å². The second-order valence-corrected chi connectivity index (χ2v) is 9.36. The lowest BCUT2D eigenvalue weighted by Crippen LogP contribution is -2.10. The Hall–Kier alpha value is -4.62. The molecule has 0 amide bonds. The average Bonchev–Trinajstić information content (AvgIpc) is 3.25. The first-order valence-electron chi connectivity index (χ1n) is 12.1. The summed E-state index contributed by atoms with van der Waals surface area (Å²) in [5.74, 6) is 0. The molecule has 0 atom stereocenters. The molecule has 1 nitrogen and oxygen atoms in total. The maximum Gasteiger partial charge on any atom is 0.0540 e. The summed E-state index contributed by atoms with van der Waals surface area (Å²) >= 11 is 0. The van der Waals surface area contributed by atoms with Gasteiger partial charge in [-0.15, -0.1) is 0 Å². The van der Waals surface area contributed by atoms with Gasteiger partial charge in [0.25, 0.3) is 0 Å². The Morgan fingerprint density at radius 2 is 0.971 bits per heavy atom. The van der Waals surface area contributed by atoms with E-state index in [4.69, 9.17) is 0 Å². The lowest BCUT2D eigenvalue weighted by atomic mass is 9.90. The van der Waals surface area contributed by atoms with Crippen molar-refractivity contribution >= 4 is 49.4 Å². The first-order chi connectivity index (χ1) is 17.4. The number of rotatable bonds is 3.